The predicted molar refractivity (Wildman–Crippen MR) is 88.6 cm³/mol. The number of ether oxygens (including phenoxy) is 3. The summed E-state index contributed by atoms with van der Waals surface area (Å²) in [5.41, 5.74) is 2.25. The zero-order chi connectivity index (χ0) is 15.9. The van der Waals surface area contributed by atoms with Gasteiger partial charge in [0.15, 0.2) is 0 Å². The highest BCUT2D eigenvalue weighted by molar-refractivity contribution is 6.00. The minimum Gasteiger partial charge on any atom is -0.497 e. The van der Waals surface area contributed by atoms with Gasteiger partial charge in [0, 0.05) is 0 Å². The molecule has 22 heavy (non-hydrogen) atoms. The molecule has 2 rings (SSSR count). The third-order valence-corrected chi connectivity index (χ3v) is 3.17. The number of methoxy groups -OCH3 is 3. The number of benzene rings is 2. The van der Waals surface area contributed by atoms with E-state index in [1.54, 1.807) is 21.3 Å². The quantitative estimate of drug-likeness (QED) is 0.623. The van der Waals surface area contributed by atoms with E-state index < -0.39 is 0 Å². The first-order valence-electron chi connectivity index (χ1n) is 6.79. The molecule has 0 saturated heterocycles. The van der Waals surface area contributed by atoms with E-state index in [2.05, 4.69) is 11.6 Å². The van der Waals surface area contributed by atoms with Crippen LogP contribution in [0.4, 0.5) is 0 Å². The van der Waals surface area contributed by atoms with Crippen molar-refractivity contribution in [3.05, 3.63) is 66.2 Å². The Hall–Kier alpha value is -2.75. The highest BCUT2D eigenvalue weighted by Crippen LogP contribution is 2.26. The van der Waals surface area contributed by atoms with Gasteiger partial charge in [-0.3, -0.25) is 0 Å². The molecular formula is C18H19NO3. The Labute approximate surface area is 130 Å². The minimum atomic E-state index is 0.421. The monoisotopic (exact) mass is 297 g/mol. The van der Waals surface area contributed by atoms with Crippen LogP contribution in [0, 0.1) is 0 Å². The number of rotatable bonds is 5. The van der Waals surface area contributed by atoms with Gasteiger partial charge in [-0.05, 0) is 23.8 Å². The lowest BCUT2D eigenvalue weighted by Crippen LogP contribution is -2.07. The fourth-order valence-electron chi connectivity index (χ4n) is 2.01. The maximum Gasteiger partial charge on any atom is 0.224 e. The van der Waals surface area contributed by atoms with Crippen LogP contribution in [0.5, 0.6) is 11.5 Å². The lowest BCUT2D eigenvalue weighted by atomic mass is 10.1. The van der Waals surface area contributed by atoms with Crippen molar-refractivity contribution in [1.29, 1.82) is 0 Å². The van der Waals surface area contributed by atoms with Gasteiger partial charge in [0.1, 0.15) is 11.5 Å². The summed E-state index contributed by atoms with van der Waals surface area (Å²) in [5, 5.41) is 0. The zero-order valence-corrected chi connectivity index (χ0v) is 13.0. The Kier molecular flexibility index (Phi) is 5.20. The molecule has 2 aromatic carbocycles. The van der Waals surface area contributed by atoms with E-state index in [0.29, 0.717) is 28.7 Å². The van der Waals surface area contributed by atoms with Crippen LogP contribution in [0.1, 0.15) is 11.1 Å². The minimum absolute atomic E-state index is 0.421. The lowest BCUT2D eigenvalue weighted by molar-refractivity contribution is 0.386. The molecule has 114 valence electrons. The van der Waals surface area contributed by atoms with E-state index in [4.69, 9.17) is 14.2 Å². The van der Waals surface area contributed by atoms with Gasteiger partial charge < -0.3 is 14.2 Å². The molecule has 2 aromatic rings. The van der Waals surface area contributed by atoms with Crippen molar-refractivity contribution in [3.63, 3.8) is 0 Å². The molecule has 0 aliphatic rings. The number of nitrogens with zero attached hydrogens (tertiary/aromatic N) is 1. The van der Waals surface area contributed by atoms with Crippen LogP contribution in [0.3, 0.4) is 0 Å². The van der Waals surface area contributed by atoms with Gasteiger partial charge in [-0.2, -0.15) is 0 Å². The van der Waals surface area contributed by atoms with E-state index in [-0.39, 0.29) is 0 Å². The van der Waals surface area contributed by atoms with Crippen molar-refractivity contribution < 1.29 is 14.2 Å². The average molecular weight is 297 g/mol. The molecule has 0 aliphatic heterocycles. The molecule has 4 nitrogen and oxygen atoms in total. The molecular weight excluding hydrogens is 278 g/mol. The van der Waals surface area contributed by atoms with Gasteiger partial charge in [0.25, 0.3) is 0 Å². The largest absolute Gasteiger partial charge is 0.497 e. The first-order valence-corrected chi connectivity index (χ1v) is 6.79. The van der Waals surface area contributed by atoms with Gasteiger partial charge in [0.2, 0.25) is 5.90 Å². The van der Waals surface area contributed by atoms with E-state index in [9.17, 15) is 0 Å². The normalized spacial score (nSPS) is 11.0. The number of hydrogen-bond donors (Lipinski definition) is 0. The second kappa shape index (κ2) is 7.31. The highest BCUT2D eigenvalue weighted by atomic mass is 16.5. The molecule has 0 amide bonds. The maximum atomic E-state index is 5.42. The first-order chi connectivity index (χ1) is 10.7. The second-order valence-corrected chi connectivity index (χ2v) is 4.50. The zero-order valence-electron chi connectivity index (χ0n) is 13.0. The fourth-order valence-corrected chi connectivity index (χ4v) is 2.01. The lowest BCUT2D eigenvalue weighted by Gasteiger charge is -2.12. The summed E-state index contributed by atoms with van der Waals surface area (Å²) in [5.74, 6) is 1.78. The van der Waals surface area contributed by atoms with Crippen LogP contribution in [0.15, 0.2) is 60.1 Å². The Morgan fingerprint density at radius 2 is 1.68 bits per heavy atom. The third kappa shape index (κ3) is 3.47. The molecule has 0 atom stereocenters. The van der Waals surface area contributed by atoms with E-state index in [1.807, 2.05) is 48.5 Å². The van der Waals surface area contributed by atoms with Crippen molar-refractivity contribution in [2.75, 3.05) is 21.3 Å². The fraction of sp³-hybridized carbons (Fsp3) is 0.167. The Bertz CT molecular complexity index is 678. The molecule has 0 aromatic heterocycles. The summed E-state index contributed by atoms with van der Waals surface area (Å²) >= 11 is 0. The van der Waals surface area contributed by atoms with Gasteiger partial charge >= 0.3 is 0 Å². The van der Waals surface area contributed by atoms with Gasteiger partial charge in [-0.1, -0.05) is 36.9 Å². The Morgan fingerprint density at radius 3 is 2.27 bits per heavy atom. The smallest absolute Gasteiger partial charge is 0.224 e. The topological polar surface area (TPSA) is 40.0 Å². The predicted octanol–water partition coefficient (Wildman–Crippen LogP) is 3.77. The van der Waals surface area contributed by atoms with Crippen molar-refractivity contribution >= 4 is 11.6 Å². The van der Waals surface area contributed by atoms with E-state index in [0.717, 1.165) is 5.56 Å². The van der Waals surface area contributed by atoms with Crippen LogP contribution in [0.25, 0.3) is 5.70 Å². The van der Waals surface area contributed by atoms with Crippen LogP contribution in [-0.2, 0) is 4.74 Å². The van der Waals surface area contributed by atoms with Crippen LogP contribution in [-0.4, -0.2) is 27.2 Å². The third-order valence-electron chi connectivity index (χ3n) is 3.17. The van der Waals surface area contributed by atoms with E-state index in [1.165, 1.54) is 0 Å². The molecule has 0 bridgehead atoms. The molecule has 0 unspecified atom stereocenters. The summed E-state index contributed by atoms with van der Waals surface area (Å²) < 4.78 is 16.0. The second-order valence-electron chi connectivity index (χ2n) is 4.50. The Balaban J connectivity index is 2.43. The SMILES string of the molecule is C=C(N=C(OC)c1cc(OC)ccc1OC)c1ccccc1. The molecule has 0 N–H and O–H groups in total. The highest BCUT2D eigenvalue weighted by Gasteiger charge is 2.13. The summed E-state index contributed by atoms with van der Waals surface area (Å²) in [6, 6.07) is 15.2. The summed E-state index contributed by atoms with van der Waals surface area (Å²) in [6.45, 7) is 4.00. The van der Waals surface area contributed by atoms with Crippen molar-refractivity contribution in [3.8, 4) is 11.5 Å². The molecule has 0 heterocycles. The van der Waals surface area contributed by atoms with Gasteiger partial charge in [0.05, 0.1) is 32.6 Å². The summed E-state index contributed by atoms with van der Waals surface area (Å²) in [7, 11) is 4.78. The molecule has 0 saturated carbocycles. The maximum absolute atomic E-state index is 5.42. The van der Waals surface area contributed by atoms with Crippen LogP contribution in [0.2, 0.25) is 0 Å². The van der Waals surface area contributed by atoms with Gasteiger partial charge in [-0.15, -0.1) is 0 Å². The molecule has 0 fully saturated rings. The van der Waals surface area contributed by atoms with Crippen LogP contribution >= 0.6 is 0 Å². The van der Waals surface area contributed by atoms with Crippen molar-refractivity contribution in [2.45, 2.75) is 0 Å². The van der Waals surface area contributed by atoms with Crippen LogP contribution < -0.4 is 9.47 Å². The summed E-state index contributed by atoms with van der Waals surface area (Å²) in [6.07, 6.45) is 0. The number of hydrogen-bond acceptors (Lipinski definition) is 4. The first kappa shape index (κ1) is 15.6. The van der Waals surface area contributed by atoms with Crippen molar-refractivity contribution in [1.82, 2.24) is 0 Å². The van der Waals surface area contributed by atoms with Crippen molar-refractivity contribution in [2.24, 2.45) is 4.99 Å². The molecule has 4 heteroatoms. The molecule has 0 radical (unpaired) electrons. The standard InChI is InChI=1S/C18H19NO3/c1-13(14-8-6-5-7-9-14)19-18(22-4)16-12-15(20-2)10-11-17(16)21-3/h5-12H,1H2,2-4H3. The molecule has 0 aliphatic carbocycles. The average Bonchev–Trinajstić information content (AvgIpc) is 2.59. The summed E-state index contributed by atoms with van der Waals surface area (Å²) in [4.78, 5) is 4.48. The molecule has 0 spiro atoms. The van der Waals surface area contributed by atoms with E-state index >= 15 is 0 Å². The number of aliphatic imine (C=N–C) groups is 1. The Morgan fingerprint density at radius 1 is 0.955 bits per heavy atom. The van der Waals surface area contributed by atoms with Gasteiger partial charge in [-0.25, -0.2) is 4.99 Å².